The van der Waals surface area contributed by atoms with Crippen LogP contribution in [-0.2, 0) is 6.54 Å². The number of hydrogen-bond donors (Lipinski definition) is 2. The predicted octanol–water partition coefficient (Wildman–Crippen LogP) is 1.72. The van der Waals surface area contributed by atoms with Crippen molar-refractivity contribution in [3.05, 3.63) is 40.3 Å². The average Bonchev–Trinajstić information content (AvgIpc) is 2.88. The Morgan fingerprint density at radius 2 is 2.26 bits per heavy atom. The zero-order chi connectivity index (χ0) is 13.8. The lowest BCUT2D eigenvalue weighted by Crippen LogP contribution is -2.25. The molecular formula is C13H16N4OS. The molecule has 0 saturated heterocycles. The first-order chi connectivity index (χ1) is 9.08. The highest BCUT2D eigenvalue weighted by Crippen LogP contribution is 2.21. The van der Waals surface area contributed by atoms with Gasteiger partial charge < -0.3 is 16.0 Å². The van der Waals surface area contributed by atoms with Crippen LogP contribution in [0, 0.1) is 0 Å². The summed E-state index contributed by atoms with van der Waals surface area (Å²) in [7, 11) is 3.78. The number of nitrogen functional groups attached to an aromatic ring is 1. The molecule has 1 heterocycles. The molecule has 0 spiro atoms. The minimum atomic E-state index is -0.149. The van der Waals surface area contributed by atoms with Crippen LogP contribution in [0.15, 0.2) is 29.1 Å². The fourth-order valence-corrected chi connectivity index (χ4v) is 2.27. The van der Waals surface area contributed by atoms with Crippen molar-refractivity contribution in [1.82, 2.24) is 10.3 Å². The van der Waals surface area contributed by atoms with E-state index < -0.39 is 0 Å². The second-order valence-corrected chi connectivity index (χ2v) is 5.05. The van der Waals surface area contributed by atoms with E-state index in [4.69, 9.17) is 5.73 Å². The van der Waals surface area contributed by atoms with Crippen LogP contribution in [0.4, 0.5) is 11.4 Å². The Morgan fingerprint density at radius 3 is 2.89 bits per heavy atom. The second kappa shape index (κ2) is 5.71. The number of hydrogen-bond acceptors (Lipinski definition) is 5. The van der Waals surface area contributed by atoms with Crippen LogP contribution in [0.2, 0.25) is 0 Å². The Morgan fingerprint density at radius 1 is 1.47 bits per heavy atom. The summed E-state index contributed by atoms with van der Waals surface area (Å²) in [5, 5.41) is 4.76. The van der Waals surface area contributed by atoms with Gasteiger partial charge in [0.2, 0.25) is 0 Å². The predicted molar refractivity (Wildman–Crippen MR) is 78.5 cm³/mol. The van der Waals surface area contributed by atoms with Gasteiger partial charge in [-0.3, -0.25) is 4.79 Å². The number of carbonyl (C=O) groups is 1. The van der Waals surface area contributed by atoms with Crippen molar-refractivity contribution in [2.75, 3.05) is 24.7 Å². The van der Waals surface area contributed by atoms with E-state index in [9.17, 15) is 4.79 Å². The van der Waals surface area contributed by atoms with E-state index in [-0.39, 0.29) is 5.91 Å². The first kappa shape index (κ1) is 13.4. The highest BCUT2D eigenvalue weighted by atomic mass is 32.1. The molecule has 5 nitrogen and oxygen atoms in total. The summed E-state index contributed by atoms with van der Waals surface area (Å²) in [6.07, 6.45) is 0. The second-order valence-electron chi connectivity index (χ2n) is 4.33. The molecule has 100 valence electrons. The van der Waals surface area contributed by atoms with Gasteiger partial charge in [-0.15, -0.1) is 11.3 Å². The number of amides is 1. The molecule has 0 aliphatic carbocycles. The Balaban J connectivity index is 2.16. The Hall–Kier alpha value is -2.08. The van der Waals surface area contributed by atoms with Crippen molar-refractivity contribution >= 4 is 28.6 Å². The standard InChI is InChI=1S/C13H16N4OS/c1-17(2)12-4-3-9(14)5-11(12)13(18)15-6-10-7-19-8-16-10/h3-5,7-8H,6,14H2,1-2H3,(H,15,18). The van der Waals surface area contributed by atoms with Crippen molar-refractivity contribution in [3.63, 3.8) is 0 Å². The molecule has 0 aliphatic rings. The lowest BCUT2D eigenvalue weighted by molar-refractivity contribution is 0.0951. The molecule has 0 bridgehead atoms. The monoisotopic (exact) mass is 276 g/mol. The highest BCUT2D eigenvalue weighted by molar-refractivity contribution is 7.07. The number of thiazole rings is 1. The molecule has 0 radical (unpaired) electrons. The maximum absolute atomic E-state index is 12.2. The molecule has 0 atom stereocenters. The molecule has 19 heavy (non-hydrogen) atoms. The van der Waals surface area contributed by atoms with Gasteiger partial charge in [0.1, 0.15) is 0 Å². The summed E-state index contributed by atoms with van der Waals surface area (Å²) in [5.41, 5.74) is 10.3. The van der Waals surface area contributed by atoms with Crippen LogP contribution >= 0.6 is 11.3 Å². The first-order valence-electron chi connectivity index (χ1n) is 5.80. The van der Waals surface area contributed by atoms with Gasteiger partial charge in [0.05, 0.1) is 23.3 Å². The first-order valence-corrected chi connectivity index (χ1v) is 6.74. The van der Waals surface area contributed by atoms with Gasteiger partial charge in [0.15, 0.2) is 0 Å². The van der Waals surface area contributed by atoms with E-state index in [1.807, 2.05) is 30.4 Å². The van der Waals surface area contributed by atoms with Crippen molar-refractivity contribution in [1.29, 1.82) is 0 Å². The number of nitrogens with two attached hydrogens (primary N) is 1. The topological polar surface area (TPSA) is 71.2 Å². The minimum Gasteiger partial charge on any atom is -0.399 e. The van der Waals surface area contributed by atoms with Gasteiger partial charge in [-0.05, 0) is 18.2 Å². The molecule has 0 aliphatic heterocycles. The van der Waals surface area contributed by atoms with Crippen LogP contribution in [0.3, 0.4) is 0 Å². The van der Waals surface area contributed by atoms with E-state index in [0.29, 0.717) is 17.8 Å². The van der Waals surface area contributed by atoms with E-state index in [2.05, 4.69) is 10.3 Å². The average molecular weight is 276 g/mol. The van der Waals surface area contributed by atoms with Crippen molar-refractivity contribution in [2.45, 2.75) is 6.54 Å². The summed E-state index contributed by atoms with van der Waals surface area (Å²) in [6, 6.07) is 5.31. The van der Waals surface area contributed by atoms with Crippen molar-refractivity contribution in [3.8, 4) is 0 Å². The van der Waals surface area contributed by atoms with Crippen LogP contribution in [0.1, 0.15) is 16.1 Å². The molecule has 1 amide bonds. The number of carbonyl (C=O) groups excluding carboxylic acids is 1. The SMILES string of the molecule is CN(C)c1ccc(N)cc1C(=O)NCc1cscn1. The van der Waals surface area contributed by atoms with Crippen LogP contribution in [0.5, 0.6) is 0 Å². The number of nitrogens with one attached hydrogen (secondary N) is 1. The molecule has 1 aromatic heterocycles. The largest absolute Gasteiger partial charge is 0.399 e. The number of benzene rings is 1. The molecular weight excluding hydrogens is 260 g/mol. The molecule has 0 unspecified atom stereocenters. The molecule has 1 aromatic carbocycles. The van der Waals surface area contributed by atoms with E-state index in [1.165, 1.54) is 11.3 Å². The summed E-state index contributed by atoms with van der Waals surface area (Å²) < 4.78 is 0. The van der Waals surface area contributed by atoms with Gasteiger partial charge in [0.25, 0.3) is 5.91 Å². The van der Waals surface area contributed by atoms with Crippen LogP contribution in [-0.4, -0.2) is 25.0 Å². The fourth-order valence-electron chi connectivity index (χ4n) is 1.72. The van der Waals surface area contributed by atoms with Crippen molar-refractivity contribution < 1.29 is 4.79 Å². The Labute approximate surface area is 116 Å². The molecule has 3 N–H and O–H groups in total. The third kappa shape index (κ3) is 3.23. The van der Waals surface area contributed by atoms with E-state index in [1.54, 1.807) is 17.6 Å². The zero-order valence-electron chi connectivity index (χ0n) is 10.9. The summed E-state index contributed by atoms with van der Waals surface area (Å²) in [4.78, 5) is 18.2. The summed E-state index contributed by atoms with van der Waals surface area (Å²) in [6.45, 7) is 0.421. The Kier molecular flexibility index (Phi) is 4.01. The normalized spacial score (nSPS) is 10.2. The minimum absolute atomic E-state index is 0.149. The van der Waals surface area contributed by atoms with Crippen LogP contribution < -0.4 is 16.0 Å². The Bertz CT molecular complexity index is 566. The lowest BCUT2D eigenvalue weighted by atomic mass is 10.1. The molecule has 6 heteroatoms. The maximum atomic E-state index is 12.2. The van der Waals surface area contributed by atoms with Crippen molar-refractivity contribution in [2.24, 2.45) is 0 Å². The number of aromatic nitrogens is 1. The van der Waals surface area contributed by atoms with Gasteiger partial charge in [0, 0.05) is 30.9 Å². The van der Waals surface area contributed by atoms with Gasteiger partial charge >= 0.3 is 0 Å². The molecule has 0 saturated carbocycles. The molecule has 2 aromatic rings. The smallest absolute Gasteiger partial charge is 0.253 e. The molecule has 0 fully saturated rings. The summed E-state index contributed by atoms with van der Waals surface area (Å²) in [5.74, 6) is -0.149. The van der Waals surface area contributed by atoms with Gasteiger partial charge in [-0.25, -0.2) is 4.98 Å². The quantitative estimate of drug-likeness (QED) is 0.834. The number of anilines is 2. The van der Waals surface area contributed by atoms with Gasteiger partial charge in [-0.2, -0.15) is 0 Å². The van der Waals surface area contributed by atoms with Crippen LogP contribution in [0.25, 0.3) is 0 Å². The van der Waals surface area contributed by atoms with E-state index in [0.717, 1.165) is 11.4 Å². The third-order valence-electron chi connectivity index (χ3n) is 2.66. The zero-order valence-corrected chi connectivity index (χ0v) is 11.7. The maximum Gasteiger partial charge on any atom is 0.253 e. The van der Waals surface area contributed by atoms with Gasteiger partial charge in [-0.1, -0.05) is 0 Å². The number of rotatable bonds is 4. The van der Waals surface area contributed by atoms with E-state index >= 15 is 0 Å². The highest BCUT2D eigenvalue weighted by Gasteiger charge is 2.13. The number of nitrogens with zero attached hydrogens (tertiary/aromatic N) is 2. The third-order valence-corrected chi connectivity index (χ3v) is 3.30. The fraction of sp³-hybridized carbons (Fsp3) is 0.231. The lowest BCUT2D eigenvalue weighted by Gasteiger charge is -2.17. The molecule has 2 rings (SSSR count). The summed E-state index contributed by atoms with van der Waals surface area (Å²) >= 11 is 1.51.